The van der Waals surface area contributed by atoms with Crippen molar-refractivity contribution in [3.05, 3.63) is 65.7 Å². The molecule has 1 aromatic carbocycles. The Balaban J connectivity index is 1.92. The molecule has 0 fully saturated rings. The lowest BCUT2D eigenvalue weighted by Gasteiger charge is -2.11. The zero-order valence-electron chi connectivity index (χ0n) is 10.4. The topological polar surface area (TPSA) is 48.7 Å². The van der Waals surface area contributed by atoms with E-state index < -0.39 is 6.04 Å². The lowest BCUT2D eigenvalue weighted by Crippen LogP contribution is -2.22. The van der Waals surface area contributed by atoms with Gasteiger partial charge in [-0.05, 0) is 35.7 Å². The highest BCUT2D eigenvalue weighted by Crippen LogP contribution is 2.11. The Bertz CT molecular complexity index is 563. The van der Waals surface area contributed by atoms with Crippen LogP contribution in [0.15, 0.2) is 48.8 Å². The summed E-state index contributed by atoms with van der Waals surface area (Å²) in [6, 6.07) is 12.1. The lowest BCUT2D eigenvalue weighted by atomic mass is 10.1. The molecule has 0 saturated heterocycles. The van der Waals surface area contributed by atoms with Gasteiger partial charge >= 0.3 is 0 Å². The van der Waals surface area contributed by atoms with E-state index in [1.54, 1.807) is 36.7 Å². The van der Waals surface area contributed by atoms with Crippen molar-refractivity contribution in [1.29, 1.82) is 5.26 Å². The van der Waals surface area contributed by atoms with Crippen LogP contribution in [0.3, 0.4) is 0 Å². The monoisotopic (exact) mass is 255 g/mol. The SMILES string of the molecule is N#CC(NCCc1ccccc1F)c1ccncc1. The fourth-order valence-electron chi connectivity index (χ4n) is 1.85. The maximum atomic E-state index is 13.4. The van der Waals surface area contributed by atoms with Gasteiger partial charge in [-0.1, -0.05) is 18.2 Å². The van der Waals surface area contributed by atoms with Crippen LogP contribution in [0.2, 0.25) is 0 Å². The lowest BCUT2D eigenvalue weighted by molar-refractivity contribution is 0.586. The predicted molar refractivity (Wildman–Crippen MR) is 70.7 cm³/mol. The Hall–Kier alpha value is -2.25. The highest BCUT2D eigenvalue weighted by molar-refractivity contribution is 5.21. The third kappa shape index (κ3) is 3.60. The van der Waals surface area contributed by atoms with Crippen LogP contribution < -0.4 is 5.32 Å². The van der Waals surface area contributed by atoms with Crippen molar-refractivity contribution >= 4 is 0 Å². The van der Waals surface area contributed by atoms with Gasteiger partial charge in [0.05, 0.1) is 6.07 Å². The molecule has 0 amide bonds. The van der Waals surface area contributed by atoms with Crippen molar-refractivity contribution in [2.75, 3.05) is 6.54 Å². The summed E-state index contributed by atoms with van der Waals surface area (Å²) in [7, 11) is 0. The number of hydrogen-bond acceptors (Lipinski definition) is 3. The average molecular weight is 255 g/mol. The number of nitriles is 1. The third-order valence-corrected chi connectivity index (χ3v) is 2.87. The summed E-state index contributed by atoms with van der Waals surface area (Å²) >= 11 is 0. The maximum Gasteiger partial charge on any atom is 0.126 e. The second-order valence-electron chi connectivity index (χ2n) is 4.14. The van der Waals surface area contributed by atoms with Crippen LogP contribution in [0.4, 0.5) is 4.39 Å². The number of nitrogens with zero attached hydrogens (tertiary/aromatic N) is 2. The molecular weight excluding hydrogens is 241 g/mol. The number of benzene rings is 1. The molecule has 1 atom stereocenters. The van der Waals surface area contributed by atoms with E-state index >= 15 is 0 Å². The molecule has 0 bridgehead atoms. The van der Waals surface area contributed by atoms with Crippen LogP contribution in [0.5, 0.6) is 0 Å². The standard InChI is InChI=1S/C15H14FN3/c16-14-4-2-1-3-12(14)7-10-19-15(11-17)13-5-8-18-9-6-13/h1-6,8-9,15,19H,7,10H2. The number of pyridine rings is 1. The molecule has 0 radical (unpaired) electrons. The number of aromatic nitrogens is 1. The first-order valence-corrected chi connectivity index (χ1v) is 6.07. The van der Waals surface area contributed by atoms with Crippen molar-refractivity contribution in [3.63, 3.8) is 0 Å². The Morgan fingerprint density at radius 2 is 1.95 bits per heavy atom. The summed E-state index contributed by atoms with van der Waals surface area (Å²) in [5.41, 5.74) is 1.52. The van der Waals surface area contributed by atoms with E-state index in [1.165, 1.54) is 6.07 Å². The number of rotatable bonds is 5. The molecule has 96 valence electrons. The fourth-order valence-corrected chi connectivity index (χ4v) is 1.85. The van der Waals surface area contributed by atoms with Crippen LogP contribution in [-0.2, 0) is 6.42 Å². The van der Waals surface area contributed by atoms with Gasteiger partial charge in [0.25, 0.3) is 0 Å². The number of nitrogens with one attached hydrogen (secondary N) is 1. The molecule has 1 unspecified atom stereocenters. The van der Waals surface area contributed by atoms with E-state index in [1.807, 2.05) is 6.07 Å². The van der Waals surface area contributed by atoms with Gasteiger partial charge in [-0.2, -0.15) is 5.26 Å². The molecule has 0 spiro atoms. The molecule has 1 N–H and O–H groups in total. The normalized spacial score (nSPS) is 11.8. The van der Waals surface area contributed by atoms with E-state index in [9.17, 15) is 4.39 Å². The summed E-state index contributed by atoms with van der Waals surface area (Å²) in [6.45, 7) is 0.543. The highest BCUT2D eigenvalue weighted by Gasteiger charge is 2.09. The molecule has 1 heterocycles. The molecule has 1 aromatic heterocycles. The summed E-state index contributed by atoms with van der Waals surface area (Å²) in [5.74, 6) is -0.207. The van der Waals surface area contributed by atoms with Crippen LogP contribution >= 0.6 is 0 Å². The molecule has 3 nitrogen and oxygen atoms in total. The average Bonchev–Trinajstić information content (AvgIpc) is 2.46. The quantitative estimate of drug-likeness (QED) is 0.893. The second kappa shape index (κ2) is 6.62. The van der Waals surface area contributed by atoms with Gasteiger partial charge < -0.3 is 0 Å². The minimum absolute atomic E-state index is 0.207. The summed E-state index contributed by atoms with van der Waals surface area (Å²) in [5, 5.41) is 12.2. The van der Waals surface area contributed by atoms with Gasteiger partial charge in [0.1, 0.15) is 11.9 Å². The first kappa shape index (κ1) is 13.2. The molecule has 2 rings (SSSR count). The predicted octanol–water partition coefficient (Wildman–Crippen LogP) is 2.62. The molecule has 0 saturated carbocycles. The Morgan fingerprint density at radius 1 is 1.21 bits per heavy atom. The molecule has 0 aliphatic heterocycles. The van der Waals surface area contributed by atoms with Crippen molar-refractivity contribution in [3.8, 4) is 6.07 Å². The summed E-state index contributed by atoms with van der Waals surface area (Å²) < 4.78 is 13.4. The highest BCUT2D eigenvalue weighted by atomic mass is 19.1. The number of halogens is 1. The molecule has 2 aromatic rings. The number of hydrogen-bond donors (Lipinski definition) is 1. The van der Waals surface area contributed by atoms with Crippen LogP contribution in [0, 0.1) is 17.1 Å². The van der Waals surface area contributed by atoms with Gasteiger partial charge in [0.2, 0.25) is 0 Å². The van der Waals surface area contributed by atoms with E-state index in [0.29, 0.717) is 18.5 Å². The zero-order chi connectivity index (χ0) is 13.5. The van der Waals surface area contributed by atoms with E-state index in [2.05, 4.69) is 16.4 Å². The van der Waals surface area contributed by atoms with Crippen molar-refractivity contribution in [1.82, 2.24) is 10.3 Å². The Labute approximate surface area is 111 Å². The smallest absolute Gasteiger partial charge is 0.126 e. The Morgan fingerprint density at radius 3 is 2.63 bits per heavy atom. The largest absolute Gasteiger partial charge is 0.298 e. The zero-order valence-corrected chi connectivity index (χ0v) is 10.4. The summed E-state index contributed by atoms with van der Waals surface area (Å²) in [6.07, 6.45) is 3.85. The first-order valence-electron chi connectivity index (χ1n) is 6.07. The minimum Gasteiger partial charge on any atom is -0.298 e. The molecular formula is C15H14FN3. The fraction of sp³-hybridized carbons (Fsp3) is 0.200. The van der Waals surface area contributed by atoms with Crippen molar-refractivity contribution in [2.24, 2.45) is 0 Å². The van der Waals surface area contributed by atoms with Gasteiger partial charge in [0, 0.05) is 18.9 Å². The summed E-state index contributed by atoms with van der Waals surface area (Å²) in [4.78, 5) is 3.91. The molecule has 19 heavy (non-hydrogen) atoms. The van der Waals surface area contributed by atoms with E-state index in [4.69, 9.17) is 5.26 Å². The van der Waals surface area contributed by atoms with E-state index in [0.717, 1.165) is 5.56 Å². The van der Waals surface area contributed by atoms with E-state index in [-0.39, 0.29) is 5.82 Å². The van der Waals surface area contributed by atoms with Crippen molar-refractivity contribution in [2.45, 2.75) is 12.5 Å². The van der Waals surface area contributed by atoms with Gasteiger partial charge in [0.15, 0.2) is 0 Å². The maximum absolute atomic E-state index is 13.4. The molecule has 0 aliphatic carbocycles. The first-order chi connectivity index (χ1) is 9.31. The van der Waals surface area contributed by atoms with Crippen LogP contribution in [0.25, 0.3) is 0 Å². The van der Waals surface area contributed by atoms with Gasteiger partial charge in [-0.25, -0.2) is 4.39 Å². The third-order valence-electron chi connectivity index (χ3n) is 2.87. The Kier molecular flexibility index (Phi) is 4.60. The van der Waals surface area contributed by atoms with Crippen LogP contribution in [0.1, 0.15) is 17.2 Å². The minimum atomic E-state index is -0.394. The molecule has 0 aliphatic rings. The van der Waals surface area contributed by atoms with Gasteiger partial charge in [-0.15, -0.1) is 0 Å². The molecule has 4 heteroatoms. The van der Waals surface area contributed by atoms with Crippen LogP contribution in [-0.4, -0.2) is 11.5 Å². The van der Waals surface area contributed by atoms with Gasteiger partial charge in [-0.3, -0.25) is 10.3 Å². The van der Waals surface area contributed by atoms with Crippen molar-refractivity contribution < 1.29 is 4.39 Å². The second-order valence-corrected chi connectivity index (χ2v) is 4.14.